The Morgan fingerprint density at radius 2 is 2.06 bits per heavy atom. The van der Waals surface area contributed by atoms with Crippen molar-refractivity contribution in [3.63, 3.8) is 0 Å². The number of pyridine rings is 1. The van der Waals surface area contributed by atoms with Crippen LogP contribution in [0.1, 0.15) is 24.2 Å². The molecule has 0 unspecified atom stereocenters. The normalized spacial score (nSPS) is 23.8. The fourth-order valence-electron chi connectivity index (χ4n) is 2.18. The Morgan fingerprint density at radius 3 is 2.56 bits per heavy atom. The molecule has 0 N–H and O–H groups in total. The highest BCUT2D eigenvalue weighted by molar-refractivity contribution is 5.89. The third-order valence-corrected chi connectivity index (χ3v) is 2.91. The molecule has 0 amide bonds. The lowest BCUT2D eigenvalue weighted by atomic mass is 10.2. The van der Waals surface area contributed by atoms with Crippen LogP contribution in [0.3, 0.4) is 0 Å². The van der Waals surface area contributed by atoms with Gasteiger partial charge in [-0.25, -0.2) is 9.78 Å². The Balaban J connectivity index is 2.11. The molecule has 1 saturated heterocycles. The van der Waals surface area contributed by atoms with Crippen LogP contribution in [0.15, 0.2) is 18.3 Å². The molecule has 1 fully saturated rings. The number of carbonyl (C=O) groups excluding carboxylic acids is 1. The number of rotatable bonds is 2. The summed E-state index contributed by atoms with van der Waals surface area (Å²) in [5, 5.41) is 0. The second kappa shape index (κ2) is 5.35. The van der Waals surface area contributed by atoms with E-state index in [0.717, 1.165) is 18.9 Å². The summed E-state index contributed by atoms with van der Waals surface area (Å²) in [5.74, 6) is 0.502. The first-order valence-corrected chi connectivity index (χ1v) is 6.05. The van der Waals surface area contributed by atoms with Gasteiger partial charge >= 0.3 is 5.97 Å². The summed E-state index contributed by atoms with van der Waals surface area (Å²) in [6.45, 7) is 5.72. The number of anilines is 1. The molecule has 5 nitrogen and oxygen atoms in total. The fourth-order valence-corrected chi connectivity index (χ4v) is 2.18. The predicted octanol–water partition coefficient (Wildman–Crippen LogP) is 1.48. The van der Waals surface area contributed by atoms with Crippen molar-refractivity contribution in [1.29, 1.82) is 0 Å². The number of carbonyl (C=O) groups is 1. The first-order chi connectivity index (χ1) is 8.60. The molecule has 5 heteroatoms. The van der Waals surface area contributed by atoms with Gasteiger partial charge in [-0.05, 0) is 26.0 Å². The van der Waals surface area contributed by atoms with Crippen LogP contribution in [-0.2, 0) is 9.47 Å². The molecule has 2 heterocycles. The van der Waals surface area contributed by atoms with Crippen LogP contribution < -0.4 is 4.90 Å². The highest BCUT2D eigenvalue weighted by atomic mass is 16.5. The maximum atomic E-state index is 11.3. The van der Waals surface area contributed by atoms with E-state index in [-0.39, 0.29) is 18.2 Å². The van der Waals surface area contributed by atoms with Gasteiger partial charge in [0.1, 0.15) is 5.82 Å². The Labute approximate surface area is 107 Å². The van der Waals surface area contributed by atoms with Crippen molar-refractivity contribution in [3.05, 3.63) is 23.9 Å². The molecule has 0 bridgehead atoms. The van der Waals surface area contributed by atoms with E-state index in [1.54, 1.807) is 12.3 Å². The number of hydrogen-bond acceptors (Lipinski definition) is 5. The van der Waals surface area contributed by atoms with E-state index < -0.39 is 0 Å². The summed E-state index contributed by atoms with van der Waals surface area (Å²) in [5.41, 5.74) is 0.468. The van der Waals surface area contributed by atoms with Crippen molar-refractivity contribution >= 4 is 11.8 Å². The van der Waals surface area contributed by atoms with Gasteiger partial charge in [-0.2, -0.15) is 0 Å². The molecule has 2 rings (SSSR count). The third-order valence-electron chi connectivity index (χ3n) is 2.91. The maximum absolute atomic E-state index is 11.3. The van der Waals surface area contributed by atoms with Crippen molar-refractivity contribution in [2.75, 3.05) is 25.1 Å². The molecule has 1 aliphatic heterocycles. The van der Waals surface area contributed by atoms with E-state index in [4.69, 9.17) is 4.74 Å². The molecule has 0 radical (unpaired) electrons. The molecule has 0 aromatic carbocycles. The minimum absolute atomic E-state index is 0.191. The lowest BCUT2D eigenvalue weighted by molar-refractivity contribution is -0.00546. The monoisotopic (exact) mass is 250 g/mol. The minimum Gasteiger partial charge on any atom is -0.465 e. The average Bonchev–Trinajstić information content (AvgIpc) is 2.37. The van der Waals surface area contributed by atoms with Crippen molar-refractivity contribution < 1.29 is 14.3 Å². The fraction of sp³-hybridized carbons (Fsp3) is 0.538. The van der Waals surface area contributed by atoms with E-state index in [2.05, 4.69) is 14.6 Å². The number of morpholine rings is 1. The van der Waals surface area contributed by atoms with Crippen LogP contribution in [0.4, 0.5) is 5.82 Å². The lowest BCUT2D eigenvalue weighted by Gasteiger charge is -2.36. The van der Waals surface area contributed by atoms with Gasteiger partial charge in [0.05, 0.1) is 24.9 Å². The lowest BCUT2D eigenvalue weighted by Crippen LogP contribution is -2.45. The Hall–Kier alpha value is -1.62. The molecular formula is C13H18N2O3. The predicted molar refractivity (Wildman–Crippen MR) is 67.8 cm³/mol. The van der Waals surface area contributed by atoms with E-state index in [1.165, 1.54) is 7.11 Å². The third kappa shape index (κ3) is 2.79. The molecular weight excluding hydrogens is 232 g/mol. The second-order valence-electron chi connectivity index (χ2n) is 4.56. The topological polar surface area (TPSA) is 51.7 Å². The molecule has 98 valence electrons. The van der Waals surface area contributed by atoms with Gasteiger partial charge in [0.25, 0.3) is 0 Å². The summed E-state index contributed by atoms with van der Waals surface area (Å²) < 4.78 is 10.3. The summed E-state index contributed by atoms with van der Waals surface area (Å²) >= 11 is 0. The second-order valence-corrected chi connectivity index (χ2v) is 4.56. The number of methoxy groups -OCH3 is 1. The van der Waals surface area contributed by atoms with Crippen LogP contribution in [-0.4, -0.2) is 43.4 Å². The highest BCUT2D eigenvalue weighted by Crippen LogP contribution is 2.18. The first-order valence-electron chi connectivity index (χ1n) is 6.05. The summed E-state index contributed by atoms with van der Waals surface area (Å²) in [4.78, 5) is 17.8. The first kappa shape index (κ1) is 12.8. The largest absolute Gasteiger partial charge is 0.465 e. The Bertz CT molecular complexity index is 409. The van der Waals surface area contributed by atoms with E-state index >= 15 is 0 Å². The molecule has 1 aliphatic rings. The van der Waals surface area contributed by atoms with Gasteiger partial charge in [-0.3, -0.25) is 0 Å². The van der Waals surface area contributed by atoms with Gasteiger partial charge in [0.2, 0.25) is 0 Å². The number of aromatic nitrogens is 1. The van der Waals surface area contributed by atoms with E-state index in [0.29, 0.717) is 5.56 Å². The van der Waals surface area contributed by atoms with Gasteiger partial charge < -0.3 is 14.4 Å². The molecule has 2 atom stereocenters. The standard InChI is InChI=1S/C13H18N2O3/c1-9-7-15(8-10(2)18-9)12-5-4-11(6-14-12)13(16)17-3/h4-6,9-10H,7-8H2,1-3H3/t9-,10+. The zero-order chi connectivity index (χ0) is 13.1. The number of nitrogens with zero attached hydrogens (tertiary/aromatic N) is 2. The Kier molecular flexibility index (Phi) is 3.81. The summed E-state index contributed by atoms with van der Waals surface area (Å²) in [7, 11) is 1.36. The molecule has 1 aromatic heterocycles. The van der Waals surface area contributed by atoms with Gasteiger partial charge in [0.15, 0.2) is 0 Å². The number of esters is 1. The Morgan fingerprint density at radius 1 is 1.39 bits per heavy atom. The van der Waals surface area contributed by atoms with Crippen LogP contribution in [0, 0.1) is 0 Å². The summed E-state index contributed by atoms with van der Waals surface area (Å²) in [6, 6.07) is 3.58. The highest BCUT2D eigenvalue weighted by Gasteiger charge is 2.23. The molecule has 1 aromatic rings. The van der Waals surface area contributed by atoms with Crippen molar-refractivity contribution in [3.8, 4) is 0 Å². The smallest absolute Gasteiger partial charge is 0.339 e. The zero-order valence-corrected chi connectivity index (χ0v) is 10.9. The minimum atomic E-state index is -0.363. The molecule has 18 heavy (non-hydrogen) atoms. The zero-order valence-electron chi connectivity index (χ0n) is 10.9. The van der Waals surface area contributed by atoms with Crippen molar-refractivity contribution in [1.82, 2.24) is 4.98 Å². The number of ether oxygens (including phenoxy) is 2. The maximum Gasteiger partial charge on any atom is 0.339 e. The quantitative estimate of drug-likeness (QED) is 0.744. The van der Waals surface area contributed by atoms with Crippen molar-refractivity contribution in [2.24, 2.45) is 0 Å². The van der Waals surface area contributed by atoms with Crippen molar-refractivity contribution in [2.45, 2.75) is 26.1 Å². The average molecular weight is 250 g/mol. The van der Waals surface area contributed by atoms with Crippen LogP contribution >= 0.6 is 0 Å². The van der Waals surface area contributed by atoms with Crippen LogP contribution in [0.2, 0.25) is 0 Å². The van der Waals surface area contributed by atoms with E-state index in [1.807, 2.05) is 19.9 Å². The number of hydrogen-bond donors (Lipinski definition) is 0. The van der Waals surface area contributed by atoms with Crippen LogP contribution in [0.5, 0.6) is 0 Å². The van der Waals surface area contributed by atoms with Gasteiger partial charge in [0, 0.05) is 19.3 Å². The van der Waals surface area contributed by atoms with Gasteiger partial charge in [-0.1, -0.05) is 0 Å². The van der Waals surface area contributed by atoms with E-state index in [9.17, 15) is 4.79 Å². The van der Waals surface area contributed by atoms with Gasteiger partial charge in [-0.15, -0.1) is 0 Å². The van der Waals surface area contributed by atoms with Crippen LogP contribution in [0.25, 0.3) is 0 Å². The summed E-state index contributed by atoms with van der Waals surface area (Å²) in [6.07, 6.45) is 1.93. The SMILES string of the molecule is COC(=O)c1ccc(N2C[C@@H](C)O[C@@H](C)C2)nc1. The molecule has 0 saturated carbocycles. The molecule has 0 spiro atoms. The molecule has 0 aliphatic carbocycles.